The second-order valence-corrected chi connectivity index (χ2v) is 2.71. The Morgan fingerprint density at radius 3 is 2.58 bits per heavy atom. The van der Waals surface area contributed by atoms with Crippen molar-refractivity contribution in [2.24, 2.45) is 0 Å². The first-order valence-electron chi connectivity index (χ1n) is 2.99. The van der Waals surface area contributed by atoms with Crippen LogP contribution in [0.15, 0.2) is 12.1 Å². The van der Waals surface area contributed by atoms with E-state index in [4.69, 9.17) is 23.2 Å². The van der Waals surface area contributed by atoms with E-state index in [0.29, 0.717) is 0 Å². The molecule has 0 aliphatic heterocycles. The minimum absolute atomic E-state index is 0.0825. The molecule has 0 heterocycles. The van der Waals surface area contributed by atoms with Crippen LogP contribution in [0.4, 0.5) is 8.78 Å². The van der Waals surface area contributed by atoms with E-state index in [9.17, 15) is 8.78 Å². The molecule has 0 amide bonds. The van der Waals surface area contributed by atoms with Gasteiger partial charge in [0, 0.05) is 0 Å². The van der Waals surface area contributed by atoms with Gasteiger partial charge < -0.3 is 4.74 Å². The fraction of sp³-hybridized carbons (Fsp3) is 0.143. The number of benzene rings is 1. The van der Waals surface area contributed by atoms with Gasteiger partial charge in [0.2, 0.25) is 6.86 Å². The summed E-state index contributed by atoms with van der Waals surface area (Å²) < 4.78 is 28.8. The van der Waals surface area contributed by atoms with Crippen molar-refractivity contribution < 1.29 is 13.5 Å². The Morgan fingerprint density at radius 2 is 2.00 bits per heavy atom. The third-order valence-electron chi connectivity index (χ3n) is 1.20. The van der Waals surface area contributed by atoms with Crippen LogP contribution in [0.1, 0.15) is 0 Å². The topological polar surface area (TPSA) is 9.23 Å². The van der Waals surface area contributed by atoms with Gasteiger partial charge in [-0.15, -0.1) is 0 Å². The molecule has 0 saturated carbocycles. The summed E-state index contributed by atoms with van der Waals surface area (Å²) in [6.07, 6.45) is 0. The van der Waals surface area contributed by atoms with Crippen LogP contribution in [-0.2, 0) is 0 Å². The average Bonchev–Trinajstić information content (AvgIpc) is 2.06. The van der Waals surface area contributed by atoms with Crippen molar-refractivity contribution in [1.82, 2.24) is 0 Å². The number of halogens is 4. The Bertz CT molecular complexity index is 291. The van der Waals surface area contributed by atoms with E-state index in [-0.39, 0.29) is 15.8 Å². The highest BCUT2D eigenvalue weighted by Gasteiger charge is 2.11. The van der Waals surface area contributed by atoms with Gasteiger partial charge in [-0.25, -0.2) is 8.78 Å². The largest absolute Gasteiger partial charge is 0.460 e. The zero-order valence-electron chi connectivity index (χ0n) is 5.78. The minimum atomic E-state index is -1.09. The van der Waals surface area contributed by atoms with Gasteiger partial charge >= 0.3 is 0 Å². The number of alkyl halides is 1. The van der Waals surface area contributed by atoms with E-state index < -0.39 is 12.7 Å². The Hall–Kier alpha value is -0.540. The Morgan fingerprint density at radius 1 is 1.33 bits per heavy atom. The molecule has 0 bridgehead atoms. The van der Waals surface area contributed by atoms with Gasteiger partial charge in [0.25, 0.3) is 0 Å². The van der Waals surface area contributed by atoms with E-state index in [1.807, 2.05) is 0 Å². The summed E-state index contributed by atoms with van der Waals surface area (Å²) in [6.45, 7) is -1.09. The molecule has 1 aromatic carbocycles. The normalized spacial score (nSPS) is 10.0. The molecule has 1 rings (SSSR count). The highest BCUT2D eigenvalue weighted by atomic mass is 35.5. The molecule has 0 saturated heterocycles. The maximum absolute atomic E-state index is 12.7. The van der Waals surface area contributed by atoms with E-state index in [1.165, 1.54) is 6.07 Å². The fourth-order valence-electron chi connectivity index (χ4n) is 0.695. The maximum Gasteiger partial charge on any atom is 0.228 e. The summed E-state index contributed by atoms with van der Waals surface area (Å²) in [4.78, 5) is 0. The molecular formula is C7H4Cl2F2O. The molecular weight excluding hydrogens is 209 g/mol. The summed E-state index contributed by atoms with van der Waals surface area (Å²) in [5.41, 5.74) is 0. The summed E-state index contributed by atoms with van der Waals surface area (Å²) in [7, 11) is 0. The summed E-state index contributed by atoms with van der Waals surface area (Å²) in [5.74, 6) is -0.856. The molecule has 0 unspecified atom stereocenters. The molecule has 0 N–H and O–H groups in total. The monoisotopic (exact) mass is 212 g/mol. The molecule has 0 fully saturated rings. The standard InChI is InChI=1S/C7H4Cl2F2O/c8-4-1-2-5(11)6(9)7(4)12-3-10/h1-2H,3H2. The lowest BCUT2D eigenvalue weighted by Gasteiger charge is -2.05. The molecule has 0 aliphatic rings. The lowest BCUT2D eigenvalue weighted by molar-refractivity contribution is 0.191. The van der Waals surface area contributed by atoms with Crippen LogP contribution in [-0.4, -0.2) is 6.86 Å². The van der Waals surface area contributed by atoms with Gasteiger partial charge in [-0.1, -0.05) is 23.2 Å². The lowest BCUT2D eigenvalue weighted by atomic mass is 10.3. The van der Waals surface area contributed by atoms with Gasteiger partial charge in [-0.05, 0) is 12.1 Å². The lowest BCUT2D eigenvalue weighted by Crippen LogP contribution is -1.93. The van der Waals surface area contributed by atoms with Crippen LogP contribution < -0.4 is 4.74 Å². The smallest absolute Gasteiger partial charge is 0.228 e. The highest BCUT2D eigenvalue weighted by Crippen LogP contribution is 2.34. The van der Waals surface area contributed by atoms with Crippen LogP contribution in [0.2, 0.25) is 10.0 Å². The minimum Gasteiger partial charge on any atom is -0.460 e. The van der Waals surface area contributed by atoms with Gasteiger partial charge in [0.15, 0.2) is 5.75 Å². The van der Waals surface area contributed by atoms with Crippen LogP contribution in [0.5, 0.6) is 5.75 Å². The zero-order chi connectivity index (χ0) is 9.14. The Kier molecular flexibility index (Phi) is 3.12. The van der Waals surface area contributed by atoms with Crippen LogP contribution in [0.25, 0.3) is 0 Å². The van der Waals surface area contributed by atoms with Crippen molar-refractivity contribution in [3.8, 4) is 5.75 Å². The predicted molar refractivity (Wildman–Crippen MR) is 43.0 cm³/mol. The van der Waals surface area contributed by atoms with E-state index in [1.54, 1.807) is 0 Å². The molecule has 66 valence electrons. The van der Waals surface area contributed by atoms with Gasteiger partial charge in [-0.2, -0.15) is 0 Å². The number of ether oxygens (including phenoxy) is 1. The first-order valence-corrected chi connectivity index (χ1v) is 3.74. The third-order valence-corrected chi connectivity index (χ3v) is 1.85. The van der Waals surface area contributed by atoms with Crippen molar-refractivity contribution in [3.63, 3.8) is 0 Å². The van der Waals surface area contributed by atoms with Gasteiger partial charge in [-0.3, -0.25) is 0 Å². The van der Waals surface area contributed by atoms with Gasteiger partial charge in [0.05, 0.1) is 5.02 Å². The summed E-state index contributed by atoms with van der Waals surface area (Å²) in [5, 5.41) is -0.223. The molecule has 1 aromatic rings. The first-order chi connectivity index (χ1) is 5.66. The molecule has 1 nitrogen and oxygen atoms in total. The number of hydrogen-bond donors (Lipinski definition) is 0. The van der Waals surface area contributed by atoms with Crippen LogP contribution >= 0.6 is 23.2 Å². The first kappa shape index (κ1) is 9.55. The Labute approximate surface area is 77.8 Å². The van der Waals surface area contributed by atoms with E-state index in [0.717, 1.165) is 6.07 Å². The predicted octanol–water partition coefficient (Wildman–Crippen LogP) is 3.44. The van der Waals surface area contributed by atoms with Crippen molar-refractivity contribution in [3.05, 3.63) is 28.0 Å². The van der Waals surface area contributed by atoms with Crippen LogP contribution in [0.3, 0.4) is 0 Å². The molecule has 0 aliphatic carbocycles. The summed E-state index contributed by atoms with van der Waals surface area (Å²) >= 11 is 11.0. The highest BCUT2D eigenvalue weighted by molar-refractivity contribution is 6.37. The molecule has 12 heavy (non-hydrogen) atoms. The van der Waals surface area contributed by atoms with Crippen molar-refractivity contribution in [2.75, 3.05) is 6.86 Å². The zero-order valence-corrected chi connectivity index (χ0v) is 7.29. The fourth-order valence-corrected chi connectivity index (χ4v) is 1.18. The molecule has 0 spiro atoms. The molecule has 5 heteroatoms. The van der Waals surface area contributed by atoms with Gasteiger partial charge in [0.1, 0.15) is 10.8 Å². The van der Waals surface area contributed by atoms with Crippen LogP contribution in [0, 0.1) is 5.82 Å². The van der Waals surface area contributed by atoms with E-state index >= 15 is 0 Å². The number of rotatable bonds is 2. The third kappa shape index (κ3) is 1.79. The summed E-state index contributed by atoms with van der Waals surface area (Å²) in [6, 6.07) is 2.32. The van der Waals surface area contributed by atoms with Crippen molar-refractivity contribution in [1.29, 1.82) is 0 Å². The maximum atomic E-state index is 12.7. The quantitative estimate of drug-likeness (QED) is 0.683. The second-order valence-electron chi connectivity index (χ2n) is 1.93. The van der Waals surface area contributed by atoms with Crippen molar-refractivity contribution >= 4 is 23.2 Å². The Balaban J connectivity index is 3.14. The molecule has 0 atom stereocenters. The SMILES string of the molecule is FCOc1c(Cl)ccc(F)c1Cl. The number of hydrogen-bond acceptors (Lipinski definition) is 1. The molecule has 0 radical (unpaired) electrons. The van der Waals surface area contributed by atoms with Crippen molar-refractivity contribution in [2.45, 2.75) is 0 Å². The van der Waals surface area contributed by atoms with E-state index in [2.05, 4.69) is 4.74 Å². The molecule has 0 aromatic heterocycles. The average molecular weight is 213 g/mol. The second kappa shape index (κ2) is 3.92.